The van der Waals surface area contributed by atoms with Gasteiger partial charge in [-0.25, -0.2) is 4.68 Å². The predicted octanol–water partition coefficient (Wildman–Crippen LogP) is 6.03. The molecule has 0 saturated heterocycles. The van der Waals surface area contributed by atoms with Crippen molar-refractivity contribution in [1.82, 2.24) is 9.78 Å². The maximum Gasteiger partial charge on any atom is 0.314 e. The molecule has 190 valence electrons. The first-order valence-corrected chi connectivity index (χ1v) is 12.2. The van der Waals surface area contributed by atoms with E-state index < -0.39 is 5.92 Å². The van der Waals surface area contributed by atoms with Gasteiger partial charge in [0.25, 0.3) is 0 Å². The summed E-state index contributed by atoms with van der Waals surface area (Å²) in [5, 5.41) is 9.23. The second-order valence-corrected chi connectivity index (χ2v) is 8.91. The largest absolute Gasteiger partial charge is 0.489 e. The molecule has 1 heterocycles. The van der Waals surface area contributed by atoms with E-state index in [0.717, 1.165) is 22.4 Å². The predicted molar refractivity (Wildman–Crippen MR) is 143 cm³/mol. The Balaban J connectivity index is 1.33. The molecule has 1 unspecified atom stereocenters. The van der Waals surface area contributed by atoms with Crippen LogP contribution in [-0.2, 0) is 34.0 Å². The highest BCUT2D eigenvalue weighted by molar-refractivity contribution is 6.30. The van der Waals surface area contributed by atoms with E-state index in [4.69, 9.17) is 25.9 Å². The molecule has 0 aliphatic rings. The summed E-state index contributed by atoms with van der Waals surface area (Å²) >= 11 is 5.96. The monoisotopic (exact) mass is 517 g/mol. The molecule has 1 aromatic heterocycles. The van der Waals surface area contributed by atoms with Gasteiger partial charge in [0.15, 0.2) is 0 Å². The number of esters is 1. The molecule has 0 amide bonds. The van der Waals surface area contributed by atoms with Crippen molar-refractivity contribution in [3.63, 3.8) is 0 Å². The Bertz CT molecular complexity index is 1320. The van der Waals surface area contributed by atoms with Gasteiger partial charge in [-0.05, 0) is 60.9 Å². The normalized spacial score (nSPS) is 12.1. The van der Waals surface area contributed by atoms with Crippen molar-refractivity contribution in [3.8, 4) is 11.4 Å². The van der Waals surface area contributed by atoms with Crippen LogP contribution in [0, 0.1) is 5.92 Å². The van der Waals surface area contributed by atoms with Crippen LogP contribution in [0.4, 0.5) is 0 Å². The quantitative estimate of drug-likeness (QED) is 0.138. The molecular formula is C29H28ClN3O4. The van der Waals surface area contributed by atoms with E-state index in [0.29, 0.717) is 36.1 Å². The van der Waals surface area contributed by atoms with E-state index in [1.165, 1.54) is 7.11 Å². The molecule has 0 saturated carbocycles. The lowest BCUT2D eigenvalue weighted by atomic mass is 9.95. The summed E-state index contributed by atoms with van der Waals surface area (Å²) in [6, 6.07) is 24.8. The maximum atomic E-state index is 12.4. The molecular weight excluding hydrogens is 490 g/mol. The zero-order chi connectivity index (χ0) is 26.0. The van der Waals surface area contributed by atoms with Crippen molar-refractivity contribution in [1.29, 1.82) is 0 Å². The Labute approximate surface area is 221 Å². The highest BCUT2D eigenvalue weighted by Crippen LogP contribution is 2.19. The lowest BCUT2D eigenvalue weighted by Gasteiger charge is -2.15. The van der Waals surface area contributed by atoms with Crippen LogP contribution in [0.3, 0.4) is 0 Å². The zero-order valence-electron chi connectivity index (χ0n) is 20.7. The van der Waals surface area contributed by atoms with E-state index >= 15 is 0 Å². The molecule has 0 bridgehead atoms. The van der Waals surface area contributed by atoms with Gasteiger partial charge in [-0.1, -0.05) is 59.2 Å². The van der Waals surface area contributed by atoms with E-state index in [2.05, 4.69) is 10.3 Å². The second kappa shape index (κ2) is 12.7. The number of halogens is 1. The summed E-state index contributed by atoms with van der Waals surface area (Å²) in [7, 11) is 1.37. The molecule has 1 atom stereocenters. The lowest BCUT2D eigenvalue weighted by molar-refractivity contribution is -0.143. The van der Waals surface area contributed by atoms with Crippen molar-refractivity contribution in [2.24, 2.45) is 11.1 Å². The molecule has 4 rings (SSSR count). The Hall–Kier alpha value is -4.10. The van der Waals surface area contributed by atoms with E-state index in [-0.39, 0.29) is 5.97 Å². The summed E-state index contributed by atoms with van der Waals surface area (Å²) in [4.78, 5) is 17.9. The Kier molecular flexibility index (Phi) is 8.94. The summed E-state index contributed by atoms with van der Waals surface area (Å²) in [6.45, 7) is 2.48. The van der Waals surface area contributed by atoms with Gasteiger partial charge in [0.1, 0.15) is 24.9 Å². The van der Waals surface area contributed by atoms with Crippen LogP contribution in [0.5, 0.6) is 5.75 Å². The molecule has 0 radical (unpaired) electrons. The number of oxime groups is 1. The number of nitrogens with zero attached hydrogens (tertiary/aromatic N) is 3. The Morgan fingerprint density at radius 1 is 0.946 bits per heavy atom. The third-order valence-electron chi connectivity index (χ3n) is 5.77. The molecule has 3 aromatic carbocycles. The third-order valence-corrected chi connectivity index (χ3v) is 6.02. The standard InChI is InChI=1S/C29H28ClN3O4/c1-21(32-37-20-23-6-4-3-5-7-23)28(29(34)35-2)16-22-8-14-27(15-9-22)36-19-24-17-31-33(18-24)26-12-10-25(30)11-13-26/h3-15,17-18,28H,16,19-20H2,1-2H3. The summed E-state index contributed by atoms with van der Waals surface area (Å²) in [5.74, 6) is -0.192. The average Bonchev–Trinajstić information content (AvgIpc) is 3.41. The van der Waals surface area contributed by atoms with Gasteiger partial charge in [0, 0.05) is 16.8 Å². The molecule has 0 aliphatic heterocycles. The van der Waals surface area contributed by atoms with Crippen molar-refractivity contribution < 1.29 is 19.1 Å². The first-order valence-electron chi connectivity index (χ1n) is 11.8. The smallest absolute Gasteiger partial charge is 0.314 e. The van der Waals surface area contributed by atoms with Gasteiger partial charge in [-0.2, -0.15) is 5.10 Å². The van der Waals surface area contributed by atoms with Gasteiger partial charge in [0.2, 0.25) is 0 Å². The highest BCUT2D eigenvalue weighted by Gasteiger charge is 2.23. The molecule has 0 N–H and O–H groups in total. The fourth-order valence-electron chi connectivity index (χ4n) is 3.68. The summed E-state index contributed by atoms with van der Waals surface area (Å²) in [5.41, 5.74) is 4.37. The van der Waals surface area contributed by atoms with Crippen molar-refractivity contribution in [2.75, 3.05) is 7.11 Å². The van der Waals surface area contributed by atoms with Gasteiger partial charge in [-0.15, -0.1) is 0 Å². The van der Waals surface area contributed by atoms with Crippen LogP contribution in [-0.4, -0.2) is 28.6 Å². The van der Waals surface area contributed by atoms with Crippen molar-refractivity contribution in [2.45, 2.75) is 26.6 Å². The number of aromatic nitrogens is 2. The number of methoxy groups -OCH3 is 1. The number of carbonyl (C=O) groups excluding carboxylic acids is 1. The lowest BCUT2D eigenvalue weighted by Crippen LogP contribution is -2.26. The van der Waals surface area contributed by atoms with Gasteiger partial charge >= 0.3 is 5.97 Å². The van der Waals surface area contributed by atoms with Crippen LogP contribution >= 0.6 is 11.6 Å². The minimum atomic E-state index is -0.550. The number of hydrogen-bond donors (Lipinski definition) is 0. The Morgan fingerprint density at radius 3 is 2.38 bits per heavy atom. The van der Waals surface area contributed by atoms with E-state index in [1.54, 1.807) is 17.8 Å². The molecule has 0 fully saturated rings. The van der Waals surface area contributed by atoms with Crippen LogP contribution in [0.1, 0.15) is 23.6 Å². The first kappa shape index (κ1) is 26.0. The highest BCUT2D eigenvalue weighted by atomic mass is 35.5. The fraction of sp³-hybridized carbons (Fsp3) is 0.207. The topological polar surface area (TPSA) is 74.9 Å². The number of carbonyl (C=O) groups is 1. The van der Waals surface area contributed by atoms with Crippen LogP contribution < -0.4 is 4.74 Å². The fourth-order valence-corrected chi connectivity index (χ4v) is 3.81. The van der Waals surface area contributed by atoms with E-state index in [9.17, 15) is 4.79 Å². The number of ether oxygens (including phenoxy) is 2. The van der Waals surface area contributed by atoms with Gasteiger partial charge in [0.05, 0.1) is 24.7 Å². The van der Waals surface area contributed by atoms with Gasteiger partial charge < -0.3 is 14.3 Å². The summed E-state index contributed by atoms with van der Waals surface area (Å²) in [6.07, 6.45) is 4.12. The van der Waals surface area contributed by atoms with Crippen LogP contribution in [0.2, 0.25) is 5.02 Å². The molecule has 7 nitrogen and oxygen atoms in total. The molecule has 4 aromatic rings. The second-order valence-electron chi connectivity index (χ2n) is 8.47. The minimum absolute atomic E-state index is 0.330. The molecule has 37 heavy (non-hydrogen) atoms. The number of rotatable bonds is 11. The third kappa shape index (κ3) is 7.44. The van der Waals surface area contributed by atoms with E-state index in [1.807, 2.05) is 85.1 Å². The first-order chi connectivity index (χ1) is 18.0. The van der Waals surface area contributed by atoms with Crippen molar-refractivity contribution >= 4 is 23.3 Å². The SMILES string of the molecule is COC(=O)C(Cc1ccc(OCc2cnn(-c3ccc(Cl)cc3)c2)cc1)C(C)=NOCc1ccccc1. The average molecular weight is 518 g/mol. The molecule has 8 heteroatoms. The van der Waals surface area contributed by atoms with Crippen molar-refractivity contribution in [3.05, 3.63) is 113 Å². The molecule has 0 aliphatic carbocycles. The maximum absolute atomic E-state index is 12.4. The minimum Gasteiger partial charge on any atom is -0.489 e. The summed E-state index contributed by atoms with van der Waals surface area (Å²) < 4.78 is 12.7. The van der Waals surface area contributed by atoms with Crippen LogP contribution in [0.15, 0.2) is 96.4 Å². The zero-order valence-corrected chi connectivity index (χ0v) is 21.5. The van der Waals surface area contributed by atoms with Crippen LogP contribution in [0.25, 0.3) is 5.69 Å². The molecule has 0 spiro atoms. The number of benzene rings is 3. The Morgan fingerprint density at radius 2 is 1.68 bits per heavy atom. The van der Waals surface area contributed by atoms with Gasteiger partial charge in [-0.3, -0.25) is 4.79 Å². The number of hydrogen-bond acceptors (Lipinski definition) is 6.